The molecule has 0 aliphatic heterocycles. The van der Waals surface area contributed by atoms with Crippen LogP contribution in [0.5, 0.6) is 0 Å². The molecular formula is C12H25O. The topological polar surface area (TPSA) is 20.2 Å². The molecule has 0 aromatic heterocycles. The molecule has 0 aromatic rings. The van der Waals surface area contributed by atoms with E-state index in [0.29, 0.717) is 0 Å². The first-order valence-corrected chi connectivity index (χ1v) is 5.73. The zero-order chi connectivity index (χ0) is 9.94. The first kappa shape index (κ1) is 13.0. The molecule has 0 aliphatic carbocycles. The van der Waals surface area contributed by atoms with E-state index in [9.17, 15) is 0 Å². The summed E-state index contributed by atoms with van der Waals surface area (Å²) in [6, 6.07) is 0. The Labute approximate surface area is 83.5 Å². The molecule has 0 unspecified atom stereocenters. The van der Waals surface area contributed by atoms with Gasteiger partial charge in [-0.15, -0.1) is 0 Å². The largest absolute Gasteiger partial charge is 0.396 e. The van der Waals surface area contributed by atoms with Crippen LogP contribution in [-0.4, -0.2) is 11.7 Å². The average molecular weight is 185 g/mol. The number of hydrogen-bond acceptors (Lipinski definition) is 1. The van der Waals surface area contributed by atoms with E-state index in [1.54, 1.807) is 0 Å². The Bertz CT molecular complexity index is 91.1. The Morgan fingerprint density at radius 3 is 2.00 bits per heavy atom. The quantitative estimate of drug-likeness (QED) is 0.543. The third-order valence-corrected chi connectivity index (χ3v) is 2.48. The molecule has 0 saturated heterocycles. The zero-order valence-corrected chi connectivity index (χ0v) is 9.31. The van der Waals surface area contributed by atoms with Crippen LogP contribution in [0.2, 0.25) is 0 Å². The fraction of sp³-hybridized carbons (Fsp3) is 0.917. The molecule has 1 N–H and O–H groups in total. The van der Waals surface area contributed by atoms with Gasteiger partial charge in [-0.2, -0.15) is 0 Å². The van der Waals surface area contributed by atoms with Gasteiger partial charge in [-0.3, -0.25) is 0 Å². The predicted molar refractivity (Wildman–Crippen MR) is 58.6 cm³/mol. The van der Waals surface area contributed by atoms with E-state index in [0.717, 1.165) is 6.42 Å². The highest BCUT2D eigenvalue weighted by Crippen LogP contribution is 2.12. The van der Waals surface area contributed by atoms with Crippen molar-refractivity contribution in [2.24, 2.45) is 0 Å². The maximum Gasteiger partial charge on any atom is 0.0490 e. The zero-order valence-electron chi connectivity index (χ0n) is 9.31. The summed E-state index contributed by atoms with van der Waals surface area (Å²) in [7, 11) is 0. The van der Waals surface area contributed by atoms with E-state index in [1.807, 2.05) is 6.92 Å². The number of hydrogen-bond donors (Lipinski definition) is 1. The Morgan fingerprint density at radius 1 is 0.923 bits per heavy atom. The van der Waals surface area contributed by atoms with Gasteiger partial charge in [-0.1, -0.05) is 58.8 Å². The highest BCUT2D eigenvalue weighted by molar-refractivity contribution is 4.81. The van der Waals surface area contributed by atoms with Gasteiger partial charge >= 0.3 is 0 Å². The molecule has 0 rings (SSSR count). The van der Waals surface area contributed by atoms with Crippen molar-refractivity contribution in [1.29, 1.82) is 0 Å². The van der Waals surface area contributed by atoms with Crippen LogP contribution in [0.15, 0.2) is 0 Å². The van der Waals surface area contributed by atoms with Gasteiger partial charge in [-0.05, 0) is 12.3 Å². The molecule has 0 bridgehead atoms. The van der Waals surface area contributed by atoms with Crippen LogP contribution in [0.3, 0.4) is 0 Å². The number of aliphatic hydroxyl groups excluding tert-OH is 1. The van der Waals surface area contributed by atoms with E-state index >= 15 is 0 Å². The summed E-state index contributed by atoms with van der Waals surface area (Å²) in [6.45, 7) is 4.56. The predicted octanol–water partition coefficient (Wildman–Crippen LogP) is 3.71. The van der Waals surface area contributed by atoms with Crippen LogP contribution < -0.4 is 0 Å². The monoisotopic (exact) mass is 185 g/mol. The van der Waals surface area contributed by atoms with Gasteiger partial charge in [0.15, 0.2) is 0 Å². The fourth-order valence-electron chi connectivity index (χ4n) is 1.46. The molecule has 0 amide bonds. The number of unbranched alkanes of at least 4 members (excludes halogenated alkanes) is 6. The maximum atomic E-state index is 8.77. The second-order valence-corrected chi connectivity index (χ2v) is 3.99. The number of aliphatic hydroxyl groups is 1. The van der Waals surface area contributed by atoms with Crippen LogP contribution in [0.4, 0.5) is 0 Å². The minimum Gasteiger partial charge on any atom is -0.396 e. The molecule has 1 radical (unpaired) electrons. The van der Waals surface area contributed by atoms with E-state index in [1.165, 1.54) is 50.9 Å². The molecule has 79 valence electrons. The smallest absolute Gasteiger partial charge is 0.0490 e. The molecule has 0 heterocycles. The lowest BCUT2D eigenvalue weighted by Gasteiger charge is -2.05. The maximum absolute atomic E-state index is 8.77. The molecule has 0 aliphatic rings. The molecule has 0 spiro atoms. The summed E-state index contributed by atoms with van der Waals surface area (Å²) in [4.78, 5) is 0. The Morgan fingerprint density at radius 2 is 1.46 bits per heavy atom. The van der Waals surface area contributed by atoms with Crippen molar-refractivity contribution < 1.29 is 5.11 Å². The minimum absolute atomic E-state index is 0.274. The number of rotatable bonds is 9. The van der Waals surface area contributed by atoms with Crippen LogP contribution in [-0.2, 0) is 0 Å². The van der Waals surface area contributed by atoms with E-state index in [-0.39, 0.29) is 6.61 Å². The van der Waals surface area contributed by atoms with Gasteiger partial charge in [0.2, 0.25) is 0 Å². The molecule has 1 heteroatoms. The molecule has 0 fully saturated rings. The van der Waals surface area contributed by atoms with Gasteiger partial charge < -0.3 is 5.11 Å². The Balaban J connectivity index is 2.91. The van der Waals surface area contributed by atoms with Gasteiger partial charge in [0.1, 0.15) is 0 Å². The standard InChI is InChI=1S/C12H25O/c1-3-4-5-6-7-8-9-10-12(2)11-13/h13H,3-11H2,1-2H3. The van der Waals surface area contributed by atoms with Gasteiger partial charge in [0.25, 0.3) is 0 Å². The van der Waals surface area contributed by atoms with Crippen molar-refractivity contribution in [3.8, 4) is 0 Å². The fourth-order valence-corrected chi connectivity index (χ4v) is 1.46. The first-order valence-electron chi connectivity index (χ1n) is 5.73. The lowest BCUT2D eigenvalue weighted by atomic mass is 10.0. The highest BCUT2D eigenvalue weighted by atomic mass is 16.3. The lowest BCUT2D eigenvalue weighted by Crippen LogP contribution is -1.97. The SMILES string of the molecule is CCCCCCCCC[C](C)CO. The van der Waals surface area contributed by atoms with Crippen molar-refractivity contribution in [2.45, 2.75) is 65.2 Å². The molecule has 0 saturated carbocycles. The summed E-state index contributed by atoms with van der Waals surface area (Å²) in [5.41, 5.74) is 0. The first-order chi connectivity index (χ1) is 6.31. The normalized spacial score (nSPS) is 11.1. The second-order valence-electron chi connectivity index (χ2n) is 3.99. The highest BCUT2D eigenvalue weighted by Gasteiger charge is 1.99. The van der Waals surface area contributed by atoms with E-state index in [2.05, 4.69) is 6.92 Å². The van der Waals surface area contributed by atoms with Crippen molar-refractivity contribution >= 4 is 0 Å². The lowest BCUT2D eigenvalue weighted by molar-refractivity contribution is 0.301. The van der Waals surface area contributed by atoms with Crippen molar-refractivity contribution in [1.82, 2.24) is 0 Å². The van der Waals surface area contributed by atoms with Crippen LogP contribution in [0.25, 0.3) is 0 Å². The molecule has 13 heavy (non-hydrogen) atoms. The van der Waals surface area contributed by atoms with Gasteiger partial charge in [0.05, 0.1) is 0 Å². The Kier molecular flexibility index (Phi) is 10.0. The average Bonchev–Trinajstić information content (AvgIpc) is 2.16. The Hall–Kier alpha value is -0.0400. The van der Waals surface area contributed by atoms with E-state index in [4.69, 9.17) is 5.11 Å². The minimum atomic E-state index is 0.274. The van der Waals surface area contributed by atoms with Gasteiger partial charge in [0, 0.05) is 6.61 Å². The van der Waals surface area contributed by atoms with Gasteiger partial charge in [-0.25, -0.2) is 0 Å². The van der Waals surface area contributed by atoms with Crippen molar-refractivity contribution in [2.75, 3.05) is 6.61 Å². The van der Waals surface area contributed by atoms with E-state index < -0.39 is 0 Å². The van der Waals surface area contributed by atoms with Crippen LogP contribution in [0, 0.1) is 5.92 Å². The second kappa shape index (κ2) is 10.0. The third kappa shape index (κ3) is 9.88. The molecule has 0 aromatic carbocycles. The third-order valence-electron chi connectivity index (χ3n) is 2.48. The van der Waals surface area contributed by atoms with Crippen molar-refractivity contribution in [3.05, 3.63) is 5.92 Å². The summed E-state index contributed by atoms with van der Waals surface area (Å²) in [5.74, 6) is 1.23. The molecule has 1 nitrogen and oxygen atoms in total. The molecule has 0 atom stereocenters. The summed E-state index contributed by atoms with van der Waals surface area (Å²) in [5, 5.41) is 8.77. The molecular weight excluding hydrogens is 160 g/mol. The van der Waals surface area contributed by atoms with Crippen molar-refractivity contribution in [3.63, 3.8) is 0 Å². The summed E-state index contributed by atoms with van der Waals surface area (Å²) >= 11 is 0. The van der Waals surface area contributed by atoms with Crippen LogP contribution >= 0.6 is 0 Å². The summed E-state index contributed by atoms with van der Waals surface area (Å²) < 4.78 is 0. The summed E-state index contributed by atoms with van der Waals surface area (Å²) in [6.07, 6.45) is 10.6. The van der Waals surface area contributed by atoms with Crippen LogP contribution in [0.1, 0.15) is 65.2 Å².